The molecular weight excluding hydrogens is 330 g/mol. The molecular formula is C16H16F2N6O. The minimum Gasteiger partial charge on any atom is -0.335 e. The number of carbonyl (C=O) groups excluding carboxylic acids is 1. The number of amides is 2. The van der Waals surface area contributed by atoms with E-state index in [0.29, 0.717) is 21.3 Å². The van der Waals surface area contributed by atoms with Crippen LogP contribution >= 0.6 is 0 Å². The summed E-state index contributed by atoms with van der Waals surface area (Å²) in [4.78, 5) is 12.2. The van der Waals surface area contributed by atoms with Gasteiger partial charge in [0, 0.05) is 22.8 Å². The molecule has 0 unspecified atom stereocenters. The summed E-state index contributed by atoms with van der Waals surface area (Å²) >= 11 is 0. The normalized spacial score (nSPS) is 16.8. The van der Waals surface area contributed by atoms with Crippen molar-refractivity contribution in [2.75, 3.05) is 5.32 Å². The van der Waals surface area contributed by atoms with Crippen LogP contribution in [0, 0.1) is 0 Å². The Labute approximate surface area is 141 Å². The Balaban J connectivity index is 1.42. The van der Waals surface area contributed by atoms with E-state index >= 15 is 0 Å². The first-order chi connectivity index (χ1) is 12.1. The van der Waals surface area contributed by atoms with Crippen molar-refractivity contribution in [1.29, 1.82) is 0 Å². The molecule has 0 saturated heterocycles. The molecule has 2 aromatic heterocycles. The predicted octanol–water partition coefficient (Wildman–Crippen LogP) is 2.83. The number of carbonyl (C=O) groups is 1. The third-order valence-electron chi connectivity index (χ3n) is 4.39. The quantitative estimate of drug-likeness (QED) is 0.681. The number of aromatic nitrogens is 4. The number of aryl methyl sites for hydroxylation is 1. The molecule has 0 fully saturated rings. The van der Waals surface area contributed by atoms with Gasteiger partial charge in [0.25, 0.3) is 0 Å². The molecule has 1 aliphatic rings. The summed E-state index contributed by atoms with van der Waals surface area (Å²) in [6.45, 7) is -2.70. The molecule has 1 aromatic carbocycles. The van der Waals surface area contributed by atoms with Crippen LogP contribution in [0.2, 0.25) is 0 Å². The molecule has 3 N–H and O–H groups in total. The number of fused-ring (bicyclic) bond motifs is 2. The highest BCUT2D eigenvalue weighted by Crippen LogP contribution is 2.23. The lowest BCUT2D eigenvalue weighted by Crippen LogP contribution is -2.41. The summed E-state index contributed by atoms with van der Waals surface area (Å²) in [6.07, 6.45) is 5.56. The number of benzene rings is 1. The van der Waals surface area contributed by atoms with Crippen LogP contribution < -0.4 is 10.6 Å². The predicted molar refractivity (Wildman–Crippen MR) is 87.5 cm³/mol. The lowest BCUT2D eigenvalue weighted by molar-refractivity contribution is 0.0615. The van der Waals surface area contributed by atoms with E-state index in [1.807, 2.05) is 0 Å². The molecule has 0 aliphatic heterocycles. The second-order valence-corrected chi connectivity index (χ2v) is 6.05. The summed E-state index contributed by atoms with van der Waals surface area (Å²) in [6, 6.07) is 4.43. The molecule has 3 aromatic rings. The van der Waals surface area contributed by atoms with Crippen molar-refractivity contribution >= 4 is 22.6 Å². The maximum absolute atomic E-state index is 12.8. The van der Waals surface area contributed by atoms with Crippen molar-refractivity contribution in [3.8, 4) is 0 Å². The summed E-state index contributed by atoms with van der Waals surface area (Å²) < 4.78 is 26.2. The standard InChI is InChI=1S/C16H16F2N6O/c17-15(18)24-14-4-2-12(6-10(14)8-20-24)22-16(25)21-11-1-3-13-9(5-11)7-19-23-13/h2,4,6-8,11,15H,1,3,5H2,(H,19,23)(H2,21,22,25)/t11-/m1/s1. The van der Waals surface area contributed by atoms with Gasteiger partial charge in [-0.25, -0.2) is 9.48 Å². The van der Waals surface area contributed by atoms with Crippen LogP contribution in [0.5, 0.6) is 0 Å². The van der Waals surface area contributed by atoms with Gasteiger partial charge < -0.3 is 10.6 Å². The second kappa shape index (κ2) is 6.15. The SMILES string of the molecule is O=C(Nc1ccc2c(cnn2C(F)F)c1)N[C@@H]1CCc2[nH]ncc2C1. The molecule has 0 saturated carbocycles. The van der Waals surface area contributed by atoms with Crippen LogP contribution in [0.15, 0.2) is 30.6 Å². The number of urea groups is 1. The van der Waals surface area contributed by atoms with Crippen molar-refractivity contribution in [2.24, 2.45) is 0 Å². The lowest BCUT2D eigenvalue weighted by atomic mass is 9.94. The van der Waals surface area contributed by atoms with Crippen LogP contribution in [0.4, 0.5) is 19.3 Å². The van der Waals surface area contributed by atoms with Crippen molar-refractivity contribution in [1.82, 2.24) is 25.3 Å². The Morgan fingerprint density at radius 1 is 1.36 bits per heavy atom. The minimum absolute atomic E-state index is 0.0374. The van der Waals surface area contributed by atoms with Gasteiger partial charge in [-0.05, 0) is 43.0 Å². The molecule has 4 rings (SSSR count). The molecule has 7 nitrogen and oxygen atoms in total. The van der Waals surface area contributed by atoms with E-state index in [-0.39, 0.29) is 12.1 Å². The summed E-state index contributed by atoms with van der Waals surface area (Å²) in [5.41, 5.74) is 3.09. The number of aromatic amines is 1. The van der Waals surface area contributed by atoms with Crippen LogP contribution in [-0.2, 0) is 12.8 Å². The number of nitrogens with zero attached hydrogens (tertiary/aromatic N) is 3. The van der Waals surface area contributed by atoms with E-state index in [1.165, 1.54) is 12.3 Å². The average molecular weight is 346 g/mol. The van der Waals surface area contributed by atoms with E-state index in [0.717, 1.165) is 30.5 Å². The Kier molecular flexibility index (Phi) is 3.83. The first-order valence-electron chi connectivity index (χ1n) is 7.94. The van der Waals surface area contributed by atoms with Crippen LogP contribution in [0.1, 0.15) is 24.2 Å². The van der Waals surface area contributed by atoms with Gasteiger partial charge >= 0.3 is 12.6 Å². The van der Waals surface area contributed by atoms with Crippen molar-refractivity contribution in [2.45, 2.75) is 31.9 Å². The zero-order valence-electron chi connectivity index (χ0n) is 13.2. The molecule has 1 atom stereocenters. The molecule has 130 valence electrons. The first-order valence-corrected chi connectivity index (χ1v) is 7.94. The molecule has 1 aliphatic carbocycles. The number of alkyl halides is 2. The van der Waals surface area contributed by atoms with Crippen LogP contribution in [-0.4, -0.2) is 32.1 Å². The monoisotopic (exact) mass is 346 g/mol. The Morgan fingerprint density at radius 3 is 3.08 bits per heavy atom. The van der Waals surface area contributed by atoms with Gasteiger partial charge in [0.2, 0.25) is 0 Å². The van der Waals surface area contributed by atoms with Crippen LogP contribution in [0.3, 0.4) is 0 Å². The van der Waals surface area contributed by atoms with Gasteiger partial charge in [0.1, 0.15) is 0 Å². The highest BCUT2D eigenvalue weighted by atomic mass is 19.3. The van der Waals surface area contributed by atoms with Crippen LogP contribution in [0.25, 0.3) is 10.9 Å². The zero-order chi connectivity index (χ0) is 17.4. The molecule has 0 radical (unpaired) electrons. The third-order valence-corrected chi connectivity index (χ3v) is 4.39. The summed E-state index contributed by atoms with van der Waals surface area (Å²) in [5.74, 6) is 0. The molecule has 2 heterocycles. The number of anilines is 1. The Morgan fingerprint density at radius 2 is 2.24 bits per heavy atom. The lowest BCUT2D eigenvalue weighted by Gasteiger charge is -2.23. The van der Waals surface area contributed by atoms with E-state index in [9.17, 15) is 13.6 Å². The highest BCUT2D eigenvalue weighted by Gasteiger charge is 2.21. The number of hydrogen-bond acceptors (Lipinski definition) is 3. The fourth-order valence-electron chi connectivity index (χ4n) is 3.18. The molecule has 2 amide bonds. The van der Waals surface area contributed by atoms with Crippen molar-refractivity contribution in [3.63, 3.8) is 0 Å². The second-order valence-electron chi connectivity index (χ2n) is 6.05. The summed E-state index contributed by atoms with van der Waals surface area (Å²) in [7, 11) is 0. The fourth-order valence-corrected chi connectivity index (χ4v) is 3.18. The average Bonchev–Trinajstić information content (AvgIpc) is 3.20. The van der Waals surface area contributed by atoms with Gasteiger partial charge in [-0.15, -0.1) is 0 Å². The number of halogens is 2. The molecule has 0 bridgehead atoms. The van der Waals surface area contributed by atoms with E-state index in [1.54, 1.807) is 18.3 Å². The third kappa shape index (κ3) is 3.04. The van der Waals surface area contributed by atoms with E-state index in [4.69, 9.17) is 0 Å². The fraction of sp³-hybridized carbons (Fsp3) is 0.312. The molecule has 9 heteroatoms. The van der Waals surface area contributed by atoms with Gasteiger partial charge in [0.15, 0.2) is 0 Å². The maximum Gasteiger partial charge on any atom is 0.333 e. The smallest absolute Gasteiger partial charge is 0.333 e. The van der Waals surface area contributed by atoms with Crippen molar-refractivity contribution < 1.29 is 13.6 Å². The van der Waals surface area contributed by atoms with Crippen molar-refractivity contribution in [3.05, 3.63) is 41.9 Å². The Hall–Kier alpha value is -2.97. The highest BCUT2D eigenvalue weighted by molar-refractivity contribution is 5.92. The number of hydrogen-bond donors (Lipinski definition) is 3. The summed E-state index contributed by atoms with van der Waals surface area (Å²) in [5, 5.41) is 16.8. The topological polar surface area (TPSA) is 87.6 Å². The van der Waals surface area contributed by atoms with E-state index < -0.39 is 6.55 Å². The first kappa shape index (κ1) is 15.6. The maximum atomic E-state index is 12.8. The van der Waals surface area contributed by atoms with E-state index in [2.05, 4.69) is 25.9 Å². The number of nitrogens with one attached hydrogen (secondary N) is 3. The Bertz CT molecular complexity index is 918. The van der Waals surface area contributed by atoms with Gasteiger partial charge in [0.05, 0.1) is 17.9 Å². The number of H-pyrrole nitrogens is 1. The molecule has 0 spiro atoms. The van der Waals surface area contributed by atoms with Gasteiger partial charge in [-0.2, -0.15) is 19.0 Å². The number of rotatable bonds is 3. The minimum atomic E-state index is -2.70. The van der Waals surface area contributed by atoms with Gasteiger partial charge in [-0.3, -0.25) is 5.10 Å². The van der Waals surface area contributed by atoms with Gasteiger partial charge in [-0.1, -0.05) is 0 Å². The largest absolute Gasteiger partial charge is 0.335 e. The zero-order valence-corrected chi connectivity index (χ0v) is 13.2. The molecule has 25 heavy (non-hydrogen) atoms.